The van der Waals surface area contributed by atoms with E-state index in [1.807, 2.05) is 6.07 Å². The Morgan fingerprint density at radius 3 is 2.70 bits per heavy atom. The lowest BCUT2D eigenvalue weighted by molar-refractivity contribution is 0.400. The highest BCUT2D eigenvalue weighted by Gasteiger charge is 2.19. The molecule has 1 saturated heterocycles. The first-order chi connectivity index (χ1) is 18.0. The van der Waals surface area contributed by atoms with E-state index in [2.05, 4.69) is 74.8 Å². The minimum Gasteiger partial charge on any atom is -0.338 e. The van der Waals surface area contributed by atoms with Crippen molar-refractivity contribution in [2.45, 2.75) is 31.6 Å². The fourth-order valence-corrected chi connectivity index (χ4v) is 5.60. The highest BCUT2D eigenvalue weighted by molar-refractivity contribution is 5.99. The molecule has 0 amide bonds. The standard InChI is InChI=1S/C30H33FN6/c1-37(2)13-3-4-19-14-22(16-23(31)15-19)24-9-12-33-30-25(24)18-28(34-30)29-26-17-21(5-6-27(26)35-36-29)20-7-10-32-11-8-20/h5-6,9,12,14-18,20,32H,3-4,7-8,10-11,13H2,1-2H3,(H,33,34)(H,35,36). The fourth-order valence-electron chi connectivity index (χ4n) is 5.60. The number of piperidine rings is 1. The lowest BCUT2D eigenvalue weighted by Gasteiger charge is -2.23. The van der Waals surface area contributed by atoms with Crippen LogP contribution in [0.5, 0.6) is 0 Å². The Balaban J connectivity index is 1.37. The van der Waals surface area contributed by atoms with Gasteiger partial charge in [0.15, 0.2) is 0 Å². The minimum atomic E-state index is -0.207. The Hall–Kier alpha value is -3.55. The van der Waals surface area contributed by atoms with E-state index in [9.17, 15) is 4.39 Å². The monoisotopic (exact) mass is 496 g/mol. The van der Waals surface area contributed by atoms with Crippen LogP contribution in [0.4, 0.5) is 4.39 Å². The van der Waals surface area contributed by atoms with Crippen LogP contribution in [-0.4, -0.2) is 58.8 Å². The molecule has 3 aromatic heterocycles. The third kappa shape index (κ3) is 4.89. The summed E-state index contributed by atoms with van der Waals surface area (Å²) in [6.45, 7) is 3.10. The molecule has 190 valence electrons. The Labute approximate surface area is 216 Å². The highest BCUT2D eigenvalue weighted by Crippen LogP contribution is 2.35. The van der Waals surface area contributed by atoms with Gasteiger partial charge >= 0.3 is 0 Å². The van der Waals surface area contributed by atoms with Gasteiger partial charge in [-0.2, -0.15) is 5.10 Å². The number of hydrogen-bond acceptors (Lipinski definition) is 4. The molecule has 0 radical (unpaired) electrons. The van der Waals surface area contributed by atoms with Crippen molar-refractivity contribution in [3.63, 3.8) is 0 Å². The molecular weight excluding hydrogens is 463 g/mol. The van der Waals surface area contributed by atoms with E-state index < -0.39 is 0 Å². The molecule has 5 aromatic rings. The van der Waals surface area contributed by atoms with Crippen molar-refractivity contribution < 1.29 is 4.39 Å². The number of aromatic amines is 2. The maximum atomic E-state index is 14.6. The Morgan fingerprint density at radius 1 is 1.00 bits per heavy atom. The van der Waals surface area contributed by atoms with Gasteiger partial charge in [0.25, 0.3) is 0 Å². The molecule has 0 saturated carbocycles. The molecule has 4 heterocycles. The number of pyridine rings is 1. The summed E-state index contributed by atoms with van der Waals surface area (Å²) in [4.78, 5) is 10.2. The summed E-state index contributed by atoms with van der Waals surface area (Å²) < 4.78 is 14.6. The van der Waals surface area contributed by atoms with Crippen LogP contribution in [-0.2, 0) is 6.42 Å². The van der Waals surface area contributed by atoms with E-state index in [0.29, 0.717) is 5.92 Å². The average molecular weight is 497 g/mol. The van der Waals surface area contributed by atoms with Crippen LogP contribution in [0.25, 0.3) is 44.5 Å². The predicted molar refractivity (Wildman–Crippen MR) is 148 cm³/mol. The van der Waals surface area contributed by atoms with Crippen molar-refractivity contribution >= 4 is 21.9 Å². The first-order valence-corrected chi connectivity index (χ1v) is 13.2. The van der Waals surface area contributed by atoms with Gasteiger partial charge < -0.3 is 15.2 Å². The van der Waals surface area contributed by atoms with Gasteiger partial charge in [0.2, 0.25) is 0 Å². The number of benzene rings is 2. The minimum absolute atomic E-state index is 0.207. The molecule has 3 N–H and O–H groups in total. The second-order valence-corrected chi connectivity index (χ2v) is 10.5. The highest BCUT2D eigenvalue weighted by atomic mass is 19.1. The summed E-state index contributed by atoms with van der Waals surface area (Å²) in [6, 6.07) is 16.1. The van der Waals surface area contributed by atoms with E-state index in [-0.39, 0.29) is 5.82 Å². The van der Waals surface area contributed by atoms with Crippen LogP contribution < -0.4 is 5.32 Å². The summed E-state index contributed by atoms with van der Waals surface area (Å²) in [6.07, 6.45) is 5.93. The summed E-state index contributed by atoms with van der Waals surface area (Å²) in [7, 11) is 4.12. The number of aromatic nitrogens is 4. The fraction of sp³-hybridized carbons (Fsp3) is 0.333. The zero-order valence-corrected chi connectivity index (χ0v) is 21.4. The van der Waals surface area contributed by atoms with Gasteiger partial charge in [-0.3, -0.25) is 5.10 Å². The Bertz CT molecular complexity index is 1540. The molecule has 6 rings (SSSR count). The number of H-pyrrole nitrogens is 2. The lowest BCUT2D eigenvalue weighted by atomic mass is 9.89. The topological polar surface area (TPSA) is 72.6 Å². The van der Waals surface area contributed by atoms with Crippen LogP contribution in [0.3, 0.4) is 0 Å². The molecule has 0 unspecified atom stereocenters. The van der Waals surface area contributed by atoms with Crippen molar-refractivity contribution in [3.05, 3.63) is 71.7 Å². The number of rotatable bonds is 7. The van der Waals surface area contributed by atoms with Gasteiger partial charge in [-0.15, -0.1) is 0 Å². The Kier molecular flexibility index (Phi) is 6.49. The van der Waals surface area contributed by atoms with Crippen LogP contribution in [0, 0.1) is 5.82 Å². The molecule has 6 nitrogen and oxygen atoms in total. The molecule has 1 aliphatic heterocycles. The second kappa shape index (κ2) is 10.1. The van der Waals surface area contributed by atoms with Crippen molar-refractivity contribution in [3.8, 4) is 22.5 Å². The SMILES string of the molecule is CN(C)CCCc1cc(F)cc(-c2ccnc3[nH]c(-c4n[nH]c5ccc(C6CCNCC6)cc45)cc23)c1. The third-order valence-electron chi connectivity index (χ3n) is 7.52. The number of fused-ring (bicyclic) bond motifs is 2. The van der Waals surface area contributed by atoms with Gasteiger partial charge in [-0.25, -0.2) is 9.37 Å². The van der Waals surface area contributed by atoms with E-state index in [1.165, 1.54) is 5.56 Å². The largest absolute Gasteiger partial charge is 0.338 e. The second-order valence-electron chi connectivity index (χ2n) is 10.5. The van der Waals surface area contributed by atoms with Crippen LogP contribution in [0.1, 0.15) is 36.3 Å². The molecule has 1 fully saturated rings. The van der Waals surface area contributed by atoms with E-state index in [4.69, 9.17) is 0 Å². The van der Waals surface area contributed by atoms with Gasteiger partial charge in [0, 0.05) is 17.0 Å². The van der Waals surface area contributed by atoms with E-state index in [0.717, 1.165) is 95.3 Å². The molecule has 2 aromatic carbocycles. The number of aryl methyl sites for hydroxylation is 1. The summed E-state index contributed by atoms with van der Waals surface area (Å²) in [5, 5.41) is 13.4. The molecule has 7 heteroatoms. The number of nitrogens with one attached hydrogen (secondary N) is 3. The van der Waals surface area contributed by atoms with Gasteiger partial charge in [-0.05, 0) is 124 Å². The summed E-state index contributed by atoms with van der Waals surface area (Å²) in [5.74, 6) is 0.367. The van der Waals surface area contributed by atoms with Crippen LogP contribution >= 0.6 is 0 Å². The molecular formula is C30H33FN6. The van der Waals surface area contributed by atoms with Gasteiger partial charge in [0.1, 0.15) is 17.2 Å². The van der Waals surface area contributed by atoms with Crippen LogP contribution in [0.2, 0.25) is 0 Å². The van der Waals surface area contributed by atoms with Crippen LogP contribution in [0.15, 0.2) is 54.7 Å². The maximum absolute atomic E-state index is 14.6. The normalized spacial score (nSPS) is 14.8. The third-order valence-corrected chi connectivity index (χ3v) is 7.52. The summed E-state index contributed by atoms with van der Waals surface area (Å²) >= 11 is 0. The van der Waals surface area contributed by atoms with Gasteiger partial charge in [0.05, 0.1) is 11.2 Å². The molecule has 37 heavy (non-hydrogen) atoms. The van der Waals surface area contributed by atoms with Crippen molar-refractivity contribution in [1.29, 1.82) is 0 Å². The number of nitrogens with zero attached hydrogens (tertiary/aromatic N) is 3. The van der Waals surface area contributed by atoms with Crippen molar-refractivity contribution in [2.75, 3.05) is 33.7 Å². The average Bonchev–Trinajstić information content (AvgIpc) is 3.52. The molecule has 0 bridgehead atoms. The number of hydrogen-bond donors (Lipinski definition) is 3. The predicted octanol–water partition coefficient (Wildman–Crippen LogP) is 5.87. The van der Waals surface area contributed by atoms with Crippen molar-refractivity contribution in [2.24, 2.45) is 0 Å². The Morgan fingerprint density at radius 2 is 1.86 bits per heavy atom. The molecule has 0 spiro atoms. The smallest absolute Gasteiger partial charge is 0.138 e. The summed E-state index contributed by atoms with van der Waals surface area (Å²) in [5.41, 5.74) is 7.82. The molecule has 0 atom stereocenters. The maximum Gasteiger partial charge on any atom is 0.138 e. The van der Waals surface area contributed by atoms with Crippen molar-refractivity contribution in [1.82, 2.24) is 30.4 Å². The first kappa shape index (κ1) is 23.8. The van der Waals surface area contributed by atoms with E-state index >= 15 is 0 Å². The quantitative estimate of drug-likeness (QED) is 0.263. The molecule has 0 aliphatic carbocycles. The first-order valence-electron chi connectivity index (χ1n) is 13.2. The molecule has 1 aliphatic rings. The lowest BCUT2D eigenvalue weighted by Crippen LogP contribution is -2.26. The van der Waals surface area contributed by atoms with E-state index in [1.54, 1.807) is 18.3 Å². The number of halogens is 1. The zero-order valence-electron chi connectivity index (χ0n) is 21.4. The zero-order chi connectivity index (χ0) is 25.4. The van der Waals surface area contributed by atoms with Gasteiger partial charge in [-0.1, -0.05) is 12.1 Å².